The first-order chi connectivity index (χ1) is 10.7. The number of aliphatic imine (C=N–C) groups is 1. The Morgan fingerprint density at radius 3 is 2.82 bits per heavy atom. The average molecular weight is 310 g/mol. The maximum Gasteiger partial charge on any atom is 0.249 e. The minimum atomic E-state index is 0.0246. The van der Waals surface area contributed by atoms with Crippen molar-refractivity contribution in [2.24, 2.45) is 4.99 Å². The molecule has 0 bridgehead atoms. The largest absolute Gasteiger partial charge is 0.298 e. The van der Waals surface area contributed by atoms with Crippen LogP contribution in [0, 0.1) is 0 Å². The number of rotatable bonds is 4. The van der Waals surface area contributed by atoms with Gasteiger partial charge < -0.3 is 0 Å². The Morgan fingerprint density at radius 2 is 2.14 bits per heavy atom. The van der Waals surface area contributed by atoms with E-state index in [2.05, 4.69) is 24.6 Å². The van der Waals surface area contributed by atoms with Gasteiger partial charge in [-0.1, -0.05) is 43.3 Å². The van der Waals surface area contributed by atoms with Crippen LogP contribution in [0.2, 0.25) is 0 Å². The summed E-state index contributed by atoms with van der Waals surface area (Å²) in [5.41, 5.74) is 3.02. The van der Waals surface area contributed by atoms with Crippen molar-refractivity contribution < 1.29 is 4.79 Å². The molecular formula is C18H18N2OS. The highest BCUT2D eigenvalue weighted by molar-refractivity contribution is 7.16. The number of hydrogen-bond donors (Lipinski definition) is 0. The molecule has 1 aromatic carbocycles. The van der Waals surface area contributed by atoms with E-state index in [4.69, 9.17) is 0 Å². The summed E-state index contributed by atoms with van der Waals surface area (Å²) in [4.78, 5) is 20.1. The van der Waals surface area contributed by atoms with Crippen LogP contribution in [0.4, 0.5) is 5.00 Å². The van der Waals surface area contributed by atoms with E-state index < -0.39 is 0 Å². The molecule has 3 rings (SSSR count). The zero-order valence-electron chi connectivity index (χ0n) is 12.6. The lowest BCUT2D eigenvalue weighted by atomic mass is 10.0. The van der Waals surface area contributed by atoms with Gasteiger partial charge >= 0.3 is 0 Å². The number of aryl methyl sites for hydroxylation is 1. The lowest BCUT2D eigenvalue weighted by Gasteiger charge is -2.18. The molecule has 0 saturated heterocycles. The first-order valence-corrected chi connectivity index (χ1v) is 8.20. The van der Waals surface area contributed by atoms with E-state index in [0.717, 1.165) is 28.3 Å². The van der Waals surface area contributed by atoms with Crippen LogP contribution in [0.5, 0.6) is 0 Å². The predicted molar refractivity (Wildman–Crippen MR) is 93.2 cm³/mol. The molecule has 1 aliphatic rings. The van der Waals surface area contributed by atoms with Crippen molar-refractivity contribution in [1.29, 1.82) is 0 Å². The van der Waals surface area contributed by atoms with Gasteiger partial charge in [-0.15, -0.1) is 17.9 Å². The van der Waals surface area contributed by atoms with E-state index in [1.165, 1.54) is 4.88 Å². The Morgan fingerprint density at radius 1 is 1.36 bits per heavy atom. The quantitative estimate of drug-likeness (QED) is 0.793. The molecule has 112 valence electrons. The van der Waals surface area contributed by atoms with Gasteiger partial charge in [0.15, 0.2) is 0 Å². The monoisotopic (exact) mass is 310 g/mol. The fourth-order valence-electron chi connectivity index (χ4n) is 2.56. The van der Waals surface area contributed by atoms with Crippen LogP contribution in [0.25, 0.3) is 0 Å². The third kappa shape index (κ3) is 2.62. The molecule has 0 atom stereocenters. The molecule has 0 N–H and O–H groups in total. The molecule has 0 radical (unpaired) electrons. The zero-order chi connectivity index (χ0) is 15.5. The first-order valence-electron chi connectivity index (χ1n) is 7.38. The van der Waals surface area contributed by atoms with Crippen molar-refractivity contribution in [3.8, 4) is 0 Å². The second kappa shape index (κ2) is 6.28. The molecule has 2 aromatic rings. The van der Waals surface area contributed by atoms with E-state index in [0.29, 0.717) is 6.54 Å². The maximum atomic E-state index is 12.4. The summed E-state index contributed by atoms with van der Waals surface area (Å²) in [5, 5.41) is 0.988. The van der Waals surface area contributed by atoms with E-state index >= 15 is 0 Å². The lowest BCUT2D eigenvalue weighted by molar-refractivity contribution is -0.117. The van der Waals surface area contributed by atoms with Crippen LogP contribution in [0.15, 0.2) is 54.0 Å². The summed E-state index contributed by atoms with van der Waals surface area (Å²) in [5.74, 6) is 0.0246. The predicted octanol–water partition coefficient (Wildman–Crippen LogP) is 3.68. The van der Waals surface area contributed by atoms with Crippen molar-refractivity contribution in [2.75, 3.05) is 18.0 Å². The van der Waals surface area contributed by atoms with E-state index in [-0.39, 0.29) is 12.5 Å². The molecule has 0 saturated carbocycles. The first kappa shape index (κ1) is 14.7. The lowest BCUT2D eigenvalue weighted by Crippen LogP contribution is -2.31. The number of amides is 1. The number of carbonyl (C=O) groups excluding carboxylic acids is 1. The van der Waals surface area contributed by atoms with Crippen LogP contribution < -0.4 is 4.90 Å². The fourth-order valence-corrected chi connectivity index (χ4v) is 3.68. The van der Waals surface area contributed by atoms with Gasteiger partial charge in [-0.2, -0.15) is 0 Å². The summed E-state index contributed by atoms with van der Waals surface area (Å²) >= 11 is 1.68. The van der Waals surface area contributed by atoms with E-state index in [9.17, 15) is 4.79 Å². The van der Waals surface area contributed by atoms with Crippen LogP contribution in [0.1, 0.15) is 22.9 Å². The van der Waals surface area contributed by atoms with Crippen LogP contribution in [-0.4, -0.2) is 24.7 Å². The molecule has 3 nitrogen and oxygen atoms in total. The van der Waals surface area contributed by atoms with Crippen LogP contribution in [0.3, 0.4) is 0 Å². The van der Waals surface area contributed by atoms with Crippen molar-refractivity contribution in [2.45, 2.75) is 13.3 Å². The Balaban J connectivity index is 2.16. The van der Waals surface area contributed by atoms with E-state index in [1.807, 2.05) is 30.3 Å². The number of nitrogens with zero attached hydrogens (tertiary/aromatic N) is 2. The molecule has 0 unspecified atom stereocenters. The highest BCUT2D eigenvalue weighted by Crippen LogP contribution is 2.35. The molecule has 1 aliphatic heterocycles. The Kier molecular flexibility index (Phi) is 4.20. The summed E-state index contributed by atoms with van der Waals surface area (Å²) < 4.78 is 0. The summed E-state index contributed by atoms with van der Waals surface area (Å²) in [6.07, 6.45) is 2.72. The summed E-state index contributed by atoms with van der Waals surface area (Å²) in [6, 6.07) is 12.2. The minimum absolute atomic E-state index is 0.0246. The van der Waals surface area contributed by atoms with Crippen molar-refractivity contribution >= 4 is 28.0 Å². The van der Waals surface area contributed by atoms with Crippen LogP contribution >= 0.6 is 11.3 Å². The van der Waals surface area contributed by atoms with Gasteiger partial charge in [-0.05, 0) is 12.5 Å². The normalized spacial score (nSPS) is 14.3. The van der Waals surface area contributed by atoms with E-state index in [1.54, 1.807) is 22.3 Å². The Bertz CT molecular complexity index is 731. The molecule has 0 aliphatic carbocycles. The molecule has 1 amide bonds. The van der Waals surface area contributed by atoms with Crippen molar-refractivity contribution in [3.63, 3.8) is 0 Å². The van der Waals surface area contributed by atoms with Gasteiger partial charge in [0.25, 0.3) is 0 Å². The fraction of sp³-hybridized carbons (Fsp3) is 0.222. The third-order valence-electron chi connectivity index (χ3n) is 3.64. The maximum absolute atomic E-state index is 12.4. The van der Waals surface area contributed by atoms with Gasteiger partial charge in [-0.25, -0.2) is 0 Å². The number of thiophene rings is 1. The Hall–Kier alpha value is -2.20. The number of benzene rings is 1. The minimum Gasteiger partial charge on any atom is -0.298 e. The van der Waals surface area contributed by atoms with Crippen LogP contribution in [-0.2, 0) is 11.2 Å². The molecule has 0 spiro atoms. The Labute approximate surface area is 134 Å². The van der Waals surface area contributed by atoms with Gasteiger partial charge in [0.1, 0.15) is 11.5 Å². The zero-order valence-corrected chi connectivity index (χ0v) is 13.4. The second-order valence-electron chi connectivity index (χ2n) is 5.11. The van der Waals surface area contributed by atoms with Gasteiger partial charge in [0, 0.05) is 22.5 Å². The standard InChI is InChI=1S/C18H18N2OS/c1-3-10-20-16(21)12-19-17(13-8-6-5-7-9-13)15-11-14(4-2)22-18(15)20/h3,5-9,11H,1,4,10,12H2,2H3. The molecule has 4 heteroatoms. The SMILES string of the molecule is C=CCN1C(=O)CN=C(c2ccccc2)c2cc(CC)sc21. The smallest absolute Gasteiger partial charge is 0.249 e. The number of hydrogen-bond acceptors (Lipinski definition) is 3. The molecule has 2 heterocycles. The van der Waals surface area contributed by atoms with Gasteiger partial charge in [0.05, 0.1) is 5.71 Å². The number of anilines is 1. The highest BCUT2D eigenvalue weighted by atomic mass is 32.1. The van der Waals surface area contributed by atoms with Crippen molar-refractivity contribution in [1.82, 2.24) is 0 Å². The number of fused-ring (bicyclic) bond motifs is 1. The highest BCUT2D eigenvalue weighted by Gasteiger charge is 2.26. The molecule has 1 aromatic heterocycles. The topological polar surface area (TPSA) is 32.7 Å². The second-order valence-corrected chi connectivity index (χ2v) is 6.22. The average Bonchev–Trinajstić information content (AvgIpc) is 2.92. The van der Waals surface area contributed by atoms with Crippen molar-refractivity contribution in [3.05, 3.63) is 65.1 Å². The van der Waals surface area contributed by atoms with Gasteiger partial charge in [0.2, 0.25) is 5.91 Å². The third-order valence-corrected chi connectivity index (χ3v) is 4.95. The summed E-state index contributed by atoms with van der Waals surface area (Å²) in [6.45, 7) is 6.60. The molecule has 22 heavy (non-hydrogen) atoms. The number of carbonyl (C=O) groups is 1. The molecule has 0 fully saturated rings. The summed E-state index contributed by atoms with van der Waals surface area (Å²) in [7, 11) is 0. The molecular weight excluding hydrogens is 292 g/mol. The van der Waals surface area contributed by atoms with Gasteiger partial charge in [-0.3, -0.25) is 14.7 Å².